The third-order valence-electron chi connectivity index (χ3n) is 3.86. The number of thiophene rings is 1. The third kappa shape index (κ3) is 3.79. The van der Waals surface area contributed by atoms with E-state index in [-0.39, 0.29) is 12.6 Å². The third-order valence-corrected chi connectivity index (χ3v) is 5.55. The number of aliphatic hydroxyl groups is 1. The Hall–Kier alpha value is 0.0600. The number of hydrogen-bond donors (Lipinski definition) is 2. The standard InChI is InChI=1S/C14H23BrN2OS/c1-10(16)14(12-6-7-13(15)19-12)17-8-2-4-11(17)5-3-9-18/h6-7,10-11,14,18H,2-5,8-9,16H2,1H3. The van der Waals surface area contributed by atoms with Gasteiger partial charge in [-0.25, -0.2) is 0 Å². The maximum atomic E-state index is 9.03. The molecule has 0 bridgehead atoms. The molecule has 1 aromatic rings. The lowest BCUT2D eigenvalue weighted by Crippen LogP contribution is -2.41. The van der Waals surface area contributed by atoms with Crippen LogP contribution in [0.15, 0.2) is 15.9 Å². The highest BCUT2D eigenvalue weighted by atomic mass is 79.9. The molecular weight excluding hydrogens is 324 g/mol. The first-order valence-electron chi connectivity index (χ1n) is 7.01. The van der Waals surface area contributed by atoms with Gasteiger partial charge < -0.3 is 10.8 Å². The minimum atomic E-state index is 0.125. The lowest BCUT2D eigenvalue weighted by atomic mass is 10.0. The molecule has 0 aromatic carbocycles. The molecule has 1 aliphatic rings. The Morgan fingerprint density at radius 2 is 2.37 bits per heavy atom. The molecule has 2 rings (SSSR count). The molecule has 3 unspecified atom stereocenters. The lowest BCUT2D eigenvalue weighted by molar-refractivity contribution is 0.148. The smallest absolute Gasteiger partial charge is 0.0702 e. The van der Waals surface area contributed by atoms with Crippen LogP contribution in [-0.2, 0) is 0 Å². The molecule has 3 nitrogen and oxygen atoms in total. The van der Waals surface area contributed by atoms with E-state index in [0.29, 0.717) is 12.1 Å². The molecule has 1 aliphatic heterocycles. The first-order chi connectivity index (χ1) is 9.13. The van der Waals surface area contributed by atoms with Crippen LogP contribution in [0.2, 0.25) is 0 Å². The zero-order valence-electron chi connectivity index (χ0n) is 11.4. The van der Waals surface area contributed by atoms with Crippen molar-refractivity contribution in [1.29, 1.82) is 0 Å². The molecule has 2 heterocycles. The Kier molecular flexibility index (Phi) is 5.84. The number of hydrogen-bond acceptors (Lipinski definition) is 4. The average molecular weight is 347 g/mol. The Morgan fingerprint density at radius 3 is 2.95 bits per heavy atom. The molecule has 0 amide bonds. The summed E-state index contributed by atoms with van der Waals surface area (Å²) in [6.45, 7) is 3.51. The Morgan fingerprint density at radius 1 is 1.58 bits per heavy atom. The van der Waals surface area contributed by atoms with Crippen molar-refractivity contribution in [3.05, 3.63) is 20.8 Å². The number of nitrogens with zero attached hydrogens (tertiary/aromatic N) is 1. The van der Waals surface area contributed by atoms with Crippen molar-refractivity contribution in [3.63, 3.8) is 0 Å². The van der Waals surface area contributed by atoms with E-state index in [1.165, 1.54) is 21.5 Å². The molecule has 19 heavy (non-hydrogen) atoms. The molecule has 0 spiro atoms. The van der Waals surface area contributed by atoms with E-state index in [1.54, 1.807) is 11.3 Å². The van der Waals surface area contributed by atoms with Crippen molar-refractivity contribution in [1.82, 2.24) is 4.90 Å². The van der Waals surface area contributed by atoms with Gasteiger partial charge in [-0.2, -0.15) is 0 Å². The van der Waals surface area contributed by atoms with Gasteiger partial charge in [-0.3, -0.25) is 4.90 Å². The fraction of sp³-hybridized carbons (Fsp3) is 0.714. The summed E-state index contributed by atoms with van der Waals surface area (Å²) in [5.74, 6) is 0. The minimum Gasteiger partial charge on any atom is -0.396 e. The normalized spacial score (nSPS) is 23.7. The minimum absolute atomic E-state index is 0.125. The molecule has 3 N–H and O–H groups in total. The van der Waals surface area contributed by atoms with Crippen molar-refractivity contribution in [2.75, 3.05) is 13.2 Å². The van der Waals surface area contributed by atoms with Crippen molar-refractivity contribution >= 4 is 27.3 Å². The van der Waals surface area contributed by atoms with Gasteiger partial charge in [-0.1, -0.05) is 0 Å². The SMILES string of the molecule is CC(N)C(c1ccc(Br)s1)N1CCCC1CCCO. The second-order valence-electron chi connectivity index (χ2n) is 5.35. The quantitative estimate of drug-likeness (QED) is 0.831. The largest absolute Gasteiger partial charge is 0.396 e. The summed E-state index contributed by atoms with van der Waals surface area (Å²) in [5.41, 5.74) is 6.25. The number of halogens is 1. The van der Waals surface area contributed by atoms with Gasteiger partial charge in [0.25, 0.3) is 0 Å². The van der Waals surface area contributed by atoms with Crippen LogP contribution in [-0.4, -0.2) is 35.2 Å². The monoisotopic (exact) mass is 346 g/mol. The summed E-state index contributed by atoms with van der Waals surface area (Å²) in [6, 6.07) is 5.30. The zero-order chi connectivity index (χ0) is 13.8. The molecule has 3 atom stereocenters. The van der Waals surface area contributed by atoms with Gasteiger partial charge >= 0.3 is 0 Å². The second-order valence-corrected chi connectivity index (χ2v) is 7.84. The molecule has 5 heteroatoms. The second kappa shape index (κ2) is 7.18. The highest BCUT2D eigenvalue weighted by Gasteiger charge is 2.33. The summed E-state index contributed by atoms with van der Waals surface area (Å²) < 4.78 is 1.17. The van der Waals surface area contributed by atoms with Gasteiger partial charge in [0.1, 0.15) is 0 Å². The van der Waals surface area contributed by atoms with Crippen LogP contribution in [0.25, 0.3) is 0 Å². The number of likely N-dealkylation sites (tertiary alicyclic amines) is 1. The average Bonchev–Trinajstić information content (AvgIpc) is 2.97. The van der Waals surface area contributed by atoms with Crippen LogP contribution in [0.4, 0.5) is 0 Å². The molecule has 1 aromatic heterocycles. The van der Waals surface area contributed by atoms with Gasteiger partial charge in [0, 0.05) is 23.6 Å². The molecule has 1 fully saturated rings. The predicted molar refractivity (Wildman–Crippen MR) is 84.5 cm³/mol. The highest BCUT2D eigenvalue weighted by molar-refractivity contribution is 9.11. The summed E-state index contributed by atoms with van der Waals surface area (Å²) in [6.07, 6.45) is 4.44. The van der Waals surface area contributed by atoms with Crippen molar-refractivity contribution in [2.24, 2.45) is 5.73 Å². The van der Waals surface area contributed by atoms with E-state index in [1.807, 2.05) is 0 Å². The fourth-order valence-corrected chi connectivity index (χ4v) is 4.73. The molecule has 108 valence electrons. The number of rotatable bonds is 6. The van der Waals surface area contributed by atoms with Crippen LogP contribution in [0.3, 0.4) is 0 Å². The van der Waals surface area contributed by atoms with Gasteiger partial charge in [-0.15, -0.1) is 11.3 Å². The molecule has 0 aliphatic carbocycles. The maximum absolute atomic E-state index is 9.03. The number of aliphatic hydroxyl groups excluding tert-OH is 1. The van der Waals surface area contributed by atoms with E-state index in [2.05, 4.69) is 39.9 Å². The Balaban J connectivity index is 2.14. The summed E-state index contributed by atoms with van der Waals surface area (Å²) in [4.78, 5) is 3.90. The van der Waals surface area contributed by atoms with Crippen LogP contribution in [0.1, 0.15) is 43.5 Å². The van der Waals surface area contributed by atoms with E-state index in [9.17, 15) is 0 Å². The predicted octanol–water partition coefficient (Wildman–Crippen LogP) is 3.14. The van der Waals surface area contributed by atoms with Crippen molar-refractivity contribution in [3.8, 4) is 0 Å². The first-order valence-corrected chi connectivity index (χ1v) is 8.62. The molecular formula is C14H23BrN2OS. The molecule has 0 saturated carbocycles. The van der Waals surface area contributed by atoms with Crippen LogP contribution in [0.5, 0.6) is 0 Å². The van der Waals surface area contributed by atoms with Crippen LogP contribution < -0.4 is 5.73 Å². The maximum Gasteiger partial charge on any atom is 0.0702 e. The highest BCUT2D eigenvalue weighted by Crippen LogP contribution is 2.37. The molecule has 1 saturated heterocycles. The topological polar surface area (TPSA) is 49.5 Å². The van der Waals surface area contributed by atoms with Crippen LogP contribution in [0, 0.1) is 0 Å². The van der Waals surface area contributed by atoms with E-state index >= 15 is 0 Å². The Bertz CT molecular complexity index is 397. The lowest BCUT2D eigenvalue weighted by Gasteiger charge is -2.35. The summed E-state index contributed by atoms with van der Waals surface area (Å²) >= 11 is 5.32. The zero-order valence-corrected chi connectivity index (χ0v) is 13.8. The van der Waals surface area contributed by atoms with Gasteiger partial charge in [0.2, 0.25) is 0 Å². The van der Waals surface area contributed by atoms with Crippen LogP contribution >= 0.6 is 27.3 Å². The van der Waals surface area contributed by atoms with E-state index in [0.717, 1.165) is 19.4 Å². The van der Waals surface area contributed by atoms with Gasteiger partial charge in [-0.05, 0) is 67.2 Å². The van der Waals surface area contributed by atoms with E-state index < -0.39 is 0 Å². The first kappa shape index (κ1) is 15.4. The van der Waals surface area contributed by atoms with Crippen molar-refractivity contribution in [2.45, 2.75) is 50.7 Å². The van der Waals surface area contributed by atoms with Gasteiger partial charge in [0.05, 0.1) is 9.83 Å². The Labute approximate surface area is 127 Å². The van der Waals surface area contributed by atoms with Crippen molar-refractivity contribution < 1.29 is 5.11 Å². The number of nitrogens with two attached hydrogens (primary N) is 1. The summed E-state index contributed by atoms with van der Waals surface area (Å²) in [5, 5.41) is 9.03. The van der Waals surface area contributed by atoms with Gasteiger partial charge in [0.15, 0.2) is 0 Å². The summed E-state index contributed by atoms with van der Waals surface area (Å²) in [7, 11) is 0. The van der Waals surface area contributed by atoms with E-state index in [4.69, 9.17) is 10.8 Å². The molecule has 0 radical (unpaired) electrons. The fourth-order valence-electron chi connectivity index (χ4n) is 3.07.